The molecule has 28 heavy (non-hydrogen) atoms. The molecule has 0 spiro atoms. The van der Waals surface area contributed by atoms with Crippen LogP contribution in [0.5, 0.6) is 5.75 Å². The summed E-state index contributed by atoms with van der Waals surface area (Å²) in [4.78, 5) is 12.9. The highest BCUT2D eigenvalue weighted by molar-refractivity contribution is 5.97. The van der Waals surface area contributed by atoms with E-state index in [-0.39, 0.29) is 11.5 Å². The van der Waals surface area contributed by atoms with Crippen molar-refractivity contribution < 1.29 is 19.0 Å². The van der Waals surface area contributed by atoms with Gasteiger partial charge >= 0.3 is 0 Å². The fraction of sp³-hybridized carbons (Fsp3) is 0.381. The first-order valence-corrected chi connectivity index (χ1v) is 9.22. The fourth-order valence-corrected chi connectivity index (χ4v) is 3.40. The minimum absolute atomic E-state index is 0.224. The molecule has 1 fully saturated rings. The second-order valence-electron chi connectivity index (χ2n) is 7.50. The van der Waals surface area contributed by atoms with Crippen LogP contribution < -0.4 is 20.9 Å². The van der Waals surface area contributed by atoms with Gasteiger partial charge in [-0.05, 0) is 37.6 Å². The third-order valence-electron chi connectivity index (χ3n) is 4.96. The molecule has 1 aliphatic heterocycles. The lowest BCUT2D eigenvalue weighted by Crippen LogP contribution is -2.42. The third-order valence-corrected chi connectivity index (χ3v) is 4.96. The smallest absolute Gasteiger partial charge is 0.255 e. The summed E-state index contributed by atoms with van der Waals surface area (Å²) >= 11 is 0. The van der Waals surface area contributed by atoms with Crippen molar-refractivity contribution in [3.05, 3.63) is 65.0 Å². The summed E-state index contributed by atoms with van der Waals surface area (Å²) in [7, 11) is 1.51. The van der Waals surface area contributed by atoms with E-state index in [2.05, 4.69) is 16.2 Å². The Kier molecular flexibility index (Phi) is 5.98. The molecular weight excluding hydrogens is 361 g/mol. The standard InChI is InChI=1S/C21H26FN3O3/c1-21(2,27)19(15-6-4-5-7-17(15)22)25-20(26)16-9-8-13(10-18(16)28-3)14-11-23-24-12-14/h4-10,14,19,23-24,27H,11-12H2,1-3H3,(H,25,26). The van der Waals surface area contributed by atoms with Gasteiger partial charge in [0.15, 0.2) is 0 Å². The monoisotopic (exact) mass is 387 g/mol. The number of amides is 1. The largest absolute Gasteiger partial charge is 0.496 e. The van der Waals surface area contributed by atoms with Crippen LogP contribution in [0.15, 0.2) is 42.5 Å². The summed E-state index contributed by atoms with van der Waals surface area (Å²) in [5, 5.41) is 13.3. The molecule has 0 radical (unpaired) electrons. The molecule has 6 nitrogen and oxygen atoms in total. The van der Waals surface area contributed by atoms with Crippen molar-refractivity contribution in [1.29, 1.82) is 0 Å². The quantitative estimate of drug-likeness (QED) is 0.611. The Hall–Kier alpha value is -2.48. The molecule has 1 saturated heterocycles. The van der Waals surface area contributed by atoms with Gasteiger partial charge in [0.2, 0.25) is 0 Å². The average Bonchev–Trinajstić information content (AvgIpc) is 3.20. The molecule has 150 valence electrons. The number of methoxy groups -OCH3 is 1. The average molecular weight is 387 g/mol. The van der Waals surface area contributed by atoms with Crippen molar-refractivity contribution in [3.63, 3.8) is 0 Å². The first kappa shape index (κ1) is 20.3. The lowest BCUT2D eigenvalue weighted by atomic mass is 9.91. The molecule has 2 aromatic carbocycles. The maximum atomic E-state index is 14.3. The van der Waals surface area contributed by atoms with Crippen LogP contribution in [-0.2, 0) is 0 Å². The first-order valence-electron chi connectivity index (χ1n) is 9.22. The number of halogens is 1. The highest BCUT2D eigenvalue weighted by atomic mass is 19.1. The van der Waals surface area contributed by atoms with Crippen molar-refractivity contribution in [2.75, 3.05) is 20.2 Å². The van der Waals surface area contributed by atoms with E-state index in [1.807, 2.05) is 12.1 Å². The van der Waals surface area contributed by atoms with E-state index in [0.717, 1.165) is 18.7 Å². The third kappa shape index (κ3) is 4.32. The molecule has 0 aliphatic carbocycles. The number of hydrazine groups is 1. The Bertz CT molecular complexity index is 845. The number of carbonyl (C=O) groups is 1. The fourth-order valence-electron chi connectivity index (χ4n) is 3.40. The highest BCUT2D eigenvalue weighted by Gasteiger charge is 2.33. The Morgan fingerprint density at radius 3 is 2.54 bits per heavy atom. The Balaban J connectivity index is 1.88. The summed E-state index contributed by atoms with van der Waals surface area (Å²) < 4.78 is 19.7. The molecule has 2 aromatic rings. The Morgan fingerprint density at radius 1 is 1.25 bits per heavy atom. The zero-order valence-corrected chi connectivity index (χ0v) is 16.3. The summed E-state index contributed by atoms with van der Waals surface area (Å²) in [6.45, 7) is 4.65. The van der Waals surface area contributed by atoms with E-state index in [1.165, 1.54) is 27.0 Å². The van der Waals surface area contributed by atoms with Crippen LogP contribution in [0, 0.1) is 5.82 Å². The van der Waals surface area contributed by atoms with E-state index in [0.29, 0.717) is 11.3 Å². The van der Waals surface area contributed by atoms with Gasteiger partial charge in [-0.15, -0.1) is 0 Å². The Labute approximate surface area is 164 Å². The second-order valence-corrected chi connectivity index (χ2v) is 7.50. The maximum Gasteiger partial charge on any atom is 0.255 e. The van der Waals surface area contributed by atoms with Crippen molar-refractivity contribution in [2.45, 2.75) is 31.4 Å². The zero-order valence-electron chi connectivity index (χ0n) is 16.3. The van der Waals surface area contributed by atoms with Crippen LogP contribution in [0.3, 0.4) is 0 Å². The van der Waals surface area contributed by atoms with Gasteiger partial charge in [-0.3, -0.25) is 15.6 Å². The predicted molar refractivity (Wildman–Crippen MR) is 105 cm³/mol. The normalized spacial score (nSPS) is 16.0. The number of benzene rings is 2. The van der Waals surface area contributed by atoms with E-state index < -0.39 is 23.4 Å². The molecule has 0 aromatic heterocycles. The van der Waals surface area contributed by atoms with E-state index >= 15 is 0 Å². The molecule has 4 N–H and O–H groups in total. The minimum Gasteiger partial charge on any atom is -0.496 e. The van der Waals surface area contributed by atoms with Gasteiger partial charge in [0.05, 0.1) is 24.3 Å². The molecule has 7 heteroatoms. The van der Waals surface area contributed by atoms with Gasteiger partial charge < -0.3 is 15.2 Å². The number of hydrogen-bond acceptors (Lipinski definition) is 5. The topological polar surface area (TPSA) is 82.6 Å². The van der Waals surface area contributed by atoms with Crippen LogP contribution in [0.1, 0.15) is 47.3 Å². The number of aliphatic hydroxyl groups is 1. The van der Waals surface area contributed by atoms with Gasteiger partial charge in [0.25, 0.3) is 5.91 Å². The molecule has 1 heterocycles. The van der Waals surface area contributed by atoms with Crippen LogP contribution in [0.2, 0.25) is 0 Å². The van der Waals surface area contributed by atoms with Crippen LogP contribution in [0.25, 0.3) is 0 Å². The van der Waals surface area contributed by atoms with Crippen molar-refractivity contribution >= 4 is 5.91 Å². The molecule has 1 aliphatic rings. The maximum absolute atomic E-state index is 14.3. The molecular formula is C21H26FN3O3. The molecule has 0 bridgehead atoms. The Morgan fingerprint density at radius 2 is 1.93 bits per heavy atom. The van der Waals surface area contributed by atoms with Gasteiger partial charge in [0.1, 0.15) is 11.6 Å². The molecule has 3 rings (SSSR count). The summed E-state index contributed by atoms with van der Waals surface area (Å²) in [5.74, 6) is -0.210. The molecule has 0 saturated carbocycles. The predicted octanol–water partition coefficient (Wildman–Crippen LogP) is 2.27. The minimum atomic E-state index is -1.37. The van der Waals surface area contributed by atoms with Crippen molar-refractivity contribution in [1.82, 2.24) is 16.2 Å². The van der Waals surface area contributed by atoms with Gasteiger partial charge in [-0.2, -0.15) is 0 Å². The highest BCUT2D eigenvalue weighted by Crippen LogP contribution is 2.30. The lowest BCUT2D eigenvalue weighted by molar-refractivity contribution is 0.0331. The summed E-state index contributed by atoms with van der Waals surface area (Å²) in [6, 6.07) is 10.6. The van der Waals surface area contributed by atoms with Gasteiger partial charge in [-0.1, -0.05) is 24.3 Å². The van der Waals surface area contributed by atoms with Crippen molar-refractivity contribution in [2.24, 2.45) is 0 Å². The van der Waals surface area contributed by atoms with E-state index in [9.17, 15) is 14.3 Å². The number of nitrogens with one attached hydrogen (secondary N) is 3. The lowest BCUT2D eigenvalue weighted by Gasteiger charge is -2.31. The van der Waals surface area contributed by atoms with E-state index in [4.69, 9.17) is 4.74 Å². The van der Waals surface area contributed by atoms with Crippen LogP contribution >= 0.6 is 0 Å². The molecule has 1 unspecified atom stereocenters. The van der Waals surface area contributed by atoms with Crippen LogP contribution in [-0.4, -0.2) is 36.8 Å². The number of carbonyl (C=O) groups excluding carboxylic acids is 1. The number of rotatable bonds is 6. The van der Waals surface area contributed by atoms with E-state index in [1.54, 1.807) is 24.3 Å². The summed E-state index contributed by atoms with van der Waals surface area (Å²) in [5.41, 5.74) is 6.40. The summed E-state index contributed by atoms with van der Waals surface area (Å²) in [6.07, 6.45) is 0. The van der Waals surface area contributed by atoms with Crippen molar-refractivity contribution in [3.8, 4) is 5.75 Å². The first-order chi connectivity index (χ1) is 13.3. The van der Waals surface area contributed by atoms with Gasteiger partial charge in [-0.25, -0.2) is 4.39 Å². The van der Waals surface area contributed by atoms with Gasteiger partial charge in [0, 0.05) is 24.6 Å². The van der Waals surface area contributed by atoms with Crippen LogP contribution in [0.4, 0.5) is 4.39 Å². The number of ether oxygens (including phenoxy) is 1. The zero-order chi connectivity index (χ0) is 20.3. The SMILES string of the molecule is COc1cc(C2CNNC2)ccc1C(=O)NC(c1ccccc1F)C(C)(C)O. The molecule has 1 atom stereocenters. The molecule has 1 amide bonds. The number of hydrogen-bond donors (Lipinski definition) is 4. The second kappa shape index (κ2) is 8.26.